The quantitative estimate of drug-likeness (QED) is 0.510. The van der Waals surface area contributed by atoms with Crippen LogP contribution in [0.4, 0.5) is 5.69 Å². The molecule has 1 aliphatic rings. The normalized spacial score (nSPS) is 15.2. The van der Waals surface area contributed by atoms with Crippen LogP contribution in [0.25, 0.3) is 0 Å². The van der Waals surface area contributed by atoms with Gasteiger partial charge in [0.2, 0.25) is 0 Å². The molecule has 1 saturated heterocycles. The van der Waals surface area contributed by atoms with Gasteiger partial charge in [0.25, 0.3) is 0 Å². The van der Waals surface area contributed by atoms with Crippen LogP contribution in [0.2, 0.25) is 0 Å². The molecule has 0 saturated carbocycles. The Hall–Kier alpha value is -2.38. The minimum atomic E-state index is -1.27. The maximum Gasteiger partial charge on any atom is 0.328 e. The fourth-order valence-corrected chi connectivity index (χ4v) is 4.17. The van der Waals surface area contributed by atoms with Crippen LogP contribution in [0, 0.1) is 18.8 Å². The zero-order chi connectivity index (χ0) is 21.0. The van der Waals surface area contributed by atoms with Gasteiger partial charge in [-0.2, -0.15) is 0 Å². The highest BCUT2D eigenvalue weighted by atomic mass is 32.2. The minimum Gasteiger partial charge on any atom is -0.478 e. The molecule has 2 aromatic carbocycles. The molecule has 0 bridgehead atoms. The van der Waals surface area contributed by atoms with Crippen LogP contribution in [0.15, 0.2) is 52.5 Å². The molecule has 1 amide bonds. The lowest BCUT2D eigenvalue weighted by atomic mass is 10.1. The molecule has 0 atom stereocenters. The average molecular weight is 414 g/mol. The summed E-state index contributed by atoms with van der Waals surface area (Å²) in [5.74, 6) is -0.234. The molecule has 0 unspecified atom stereocenters. The molecule has 0 spiro atoms. The number of hydrogen-bond acceptors (Lipinski definition) is 6. The summed E-state index contributed by atoms with van der Waals surface area (Å²) in [6, 6.07) is 14.6. The van der Waals surface area contributed by atoms with Gasteiger partial charge in [0.15, 0.2) is 5.60 Å². The summed E-state index contributed by atoms with van der Waals surface area (Å²) in [5.41, 5.74) is 2.20. The highest BCUT2D eigenvalue weighted by Gasteiger charge is 2.31. The first-order valence-electron chi connectivity index (χ1n) is 9.70. The monoisotopic (exact) mass is 413 g/mol. The zero-order valence-electron chi connectivity index (χ0n) is 17.3. The molecule has 6 nitrogen and oxygen atoms in total. The number of anilines is 1. The summed E-state index contributed by atoms with van der Waals surface area (Å²) in [4.78, 5) is 25.7. The number of benzene rings is 2. The third-order valence-corrected chi connectivity index (χ3v) is 6.07. The summed E-state index contributed by atoms with van der Waals surface area (Å²) in [5, 5.41) is 2.48. The molecule has 29 heavy (non-hydrogen) atoms. The SMILES string of the molecule is Cc1ccc(N2CCN(Sc3ccc(OC(C)(C)C(=O)N=O)c(C)c3)CC2)cc1. The van der Waals surface area contributed by atoms with Crippen molar-refractivity contribution in [1.29, 1.82) is 0 Å². The standard InChI is InChI=1S/C22H27N3O3S/c1-16-5-7-18(8-6-16)24-11-13-25(14-12-24)29-19-9-10-20(17(2)15-19)28-22(3,4)21(26)23-27/h5-10,15H,11-14H2,1-4H3. The van der Waals surface area contributed by atoms with Crippen LogP contribution < -0.4 is 9.64 Å². The molecule has 0 N–H and O–H groups in total. The van der Waals surface area contributed by atoms with E-state index in [1.54, 1.807) is 25.8 Å². The second-order valence-electron chi connectivity index (χ2n) is 7.78. The van der Waals surface area contributed by atoms with Crippen LogP contribution in [-0.2, 0) is 4.79 Å². The van der Waals surface area contributed by atoms with Crippen molar-refractivity contribution in [2.45, 2.75) is 38.2 Å². The maximum absolute atomic E-state index is 11.6. The predicted octanol–water partition coefficient (Wildman–Crippen LogP) is 4.58. The van der Waals surface area contributed by atoms with Gasteiger partial charge in [-0.05, 0) is 75.5 Å². The number of carbonyl (C=O) groups is 1. The van der Waals surface area contributed by atoms with E-state index in [1.165, 1.54) is 11.3 Å². The van der Waals surface area contributed by atoms with Gasteiger partial charge in [0, 0.05) is 41.9 Å². The fraction of sp³-hybridized carbons (Fsp3) is 0.409. The summed E-state index contributed by atoms with van der Waals surface area (Å²) < 4.78 is 8.09. The summed E-state index contributed by atoms with van der Waals surface area (Å²) in [6.07, 6.45) is 0. The molecule has 0 aliphatic carbocycles. The van der Waals surface area contributed by atoms with Gasteiger partial charge < -0.3 is 9.64 Å². The van der Waals surface area contributed by atoms with E-state index in [9.17, 15) is 9.70 Å². The number of rotatable bonds is 6. The minimum absolute atomic E-state index is 0.584. The summed E-state index contributed by atoms with van der Waals surface area (Å²) in [6.45, 7) is 11.1. The highest BCUT2D eigenvalue weighted by molar-refractivity contribution is 7.97. The van der Waals surface area contributed by atoms with Crippen molar-refractivity contribution >= 4 is 23.5 Å². The van der Waals surface area contributed by atoms with Gasteiger partial charge in [-0.25, -0.2) is 4.31 Å². The number of ether oxygens (including phenoxy) is 1. The number of nitroso groups, excluding NO2 is 1. The van der Waals surface area contributed by atoms with Crippen molar-refractivity contribution in [2.24, 2.45) is 5.18 Å². The van der Waals surface area contributed by atoms with Crippen LogP contribution in [0.5, 0.6) is 5.75 Å². The van der Waals surface area contributed by atoms with Gasteiger partial charge in [0.05, 0.1) is 0 Å². The number of nitrogens with zero attached hydrogens (tertiary/aromatic N) is 3. The van der Waals surface area contributed by atoms with Gasteiger partial charge in [-0.15, -0.1) is 4.91 Å². The highest BCUT2D eigenvalue weighted by Crippen LogP contribution is 2.31. The molecule has 3 rings (SSSR count). The largest absolute Gasteiger partial charge is 0.478 e. The lowest BCUT2D eigenvalue weighted by molar-refractivity contribution is -0.130. The molecule has 1 heterocycles. The number of carbonyl (C=O) groups excluding carboxylic acids is 1. The zero-order valence-corrected chi connectivity index (χ0v) is 18.2. The topological polar surface area (TPSA) is 62.2 Å². The number of aryl methyl sites for hydroxylation is 2. The van der Waals surface area contributed by atoms with Crippen molar-refractivity contribution in [2.75, 3.05) is 31.1 Å². The lowest BCUT2D eigenvalue weighted by Gasteiger charge is -2.35. The maximum atomic E-state index is 11.6. The molecular formula is C22H27N3O3S. The average Bonchev–Trinajstić information content (AvgIpc) is 2.70. The van der Waals surface area contributed by atoms with Gasteiger partial charge >= 0.3 is 5.91 Å². The molecule has 7 heteroatoms. The van der Waals surface area contributed by atoms with E-state index in [1.807, 2.05) is 25.1 Å². The third-order valence-electron chi connectivity index (χ3n) is 4.98. The van der Waals surface area contributed by atoms with Crippen LogP contribution in [-0.4, -0.2) is 42.0 Å². The van der Waals surface area contributed by atoms with E-state index in [0.29, 0.717) is 5.75 Å². The molecule has 154 valence electrons. The first kappa shape index (κ1) is 21.3. The first-order valence-corrected chi connectivity index (χ1v) is 10.5. The van der Waals surface area contributed by atoms with E-state index in [0.717, 1.165) is 36.6 Å². The van der Waals surface area contributed by atoms with Crippen molar-refractivity contribution < 1.29 is 9.53 Å². The third kappa shape index (κ3) is 5.36. The van der Waals surface area contributed by atoms with E-state index in [2.05, 4.69) is 45.6 Å². The van der Waals surface area contributed by atoms with Crippen molar-refractivity contribution in [3.63, 3.8) is 0 Å². The van der Waals surface area contributed by atoms with E-state index < -0.39 is 11.5 Å². The molecule has 0 aromatic heterocycles. The van der Waals surface area contributed by atoms with E-state index in [-0.39, 0.29) is 0 Å². The van der Waals surface area contributed by atoms with Crippen LogP contribution in [0.1, 0.15) is 25.0 Å². The van der Waals surface area contributed by atoms with E-state index >= 15 is 0 Å². The second kappa shape index (κ2) is 8.97. The fourth-order valence-electron chi connectivity index (χ4n) is 3.16. The van der Waals surface area contributed by atoms with Crippen molar-refractivity contribution in [3.05, 3.63) is 58.5 Å². The Labute approximate surface area is 176 Å². The Balaban J connectivity index is 1.57. The second-order valence-corrected chi connectivity index (χ2v) is 8.95. The number of amides is 1. The van der Waals surface area contributed by atoms with Crippen LogP contribution in [0.3, 0.4) is 0 Å². The molecule has 0 radical (unpaired) electrons. The first-order chi connectivity index (χ1) is 13.8. The van der Waals surface area contributed by atoms with Crippen molar-refractivity contribution in [3.8, 4) is 5.75 Å². The number of piperazine rings is 1. The summed E-state index contributed by atoms with van der Waals surface area (Å²) >= 11 is 1.73. The van der Waals surface area contributed by atoms with Crippen LogP contribution >= 0.6 is 11.9 Å². The van der Waals surface area contributed by atoms with E-state index in [4.69, 9.17) is 4.74 Å². The Morgan fingerprint density at radius 1 is 1.03 bits per heavy atom. The summed E-state index contributed by atoms with van der Waals surface area (Å²) in [7, 11) is 0. The van der Waals surface area contributed by atoms with Gasteiger partial charge in [-0.3, -0.25) is 4.79 Å². The Bertz CT molecular complexity index is 875. The molecule has 2 aromatic rings. The van der Waals surface area contributed by atoms with Gasteiger partial charge in [-0.1, -0.05) is 17.7 Å². The van der Waals surface area contributed by atoms with Gasteiger partial charge in [0.1, 0.15) is 5.75 Å². The molecular weight excluding hydrogens is 386 g/mol. The van der Waals surface area contributed by atoms with Crippen molar-refractivity contribution in [1.82, 2.24) is 4.31 Å². The Morgan fingerprint density at radius 3 is 2.28 bits per heavy atom. The number of hydrogen-bond donors (Lipinski definition) is 0. The predicted molar refractivity (Wildman–Crippen MR) is 118 cm³/mol. The Kier molecular flexibility index (Phi) is 6.59. The molecule has 1 fully saturated rings. The Morgan fingerprint density at radius 2 is 1.69 bits per heavy atom. The lowest BCUT2D eigenvalue weighted by Crippen LogP contribution is -2.43. The molecule has 1 aliphatic heterocycles. The smallest absolute Gasteiger partial charge is 0.328 e.